The lowest BCUT2D eigenvalue weighted by Crippen LogP contribution is -2.62. The summed E-state index contributed by atoms with van der Waals surface area (Å²) in [6.45, 7) is 11.5. The minimum absolute atomic E-state index is 0.0477. The first-order valence-corrected chi connectivity index (χ1v) is 11.2. The Kier molecular flexibility index (Phi) is 4.79. The van der Waals surface area contributed by atoms with Gasteiger partial charge in [0.05, 0.1) is 5.60 Å². The van der Waals surface area contributed by atoms with Gasteiger partial charge in [-0.3, -0.25) is 4.79 Å². The number of hydrogen-bond donors (Lipinski definition) is 1. The second-order valence-electron chi connectivity index (χ2n) is 10.9. The van der Waals surface area contributed by atoms with Crippen LogP contribution in [-0.2, 0) is 14.3 Å². The van der Waals surface area contributed by atoms with E-state index in [1.165, 1.54) is 6.42 Å². The molecule has 4 aliphatic rings. The normalized spacial score (nSPS) is 52.1. The molecule has 158 valence electrons. The van der Waals surface area contributed by atoms with Gasteiger partial charge in [-0.15, -0.1) is 0 Å². The van der Waals surface area contributed by atoms with Gasteiger partial charge in [-0.25, -0.2) is 0 Å². The molecule has 0 amide bonds. The van der Waals surface area contributed by atoms with Crippen LogP contribution >= 0.6 is 0 Å². The maximum atomic E-state index is 12.1. The van der Waals surface area contributed by atoms with Gasteiger partial charge in [0.15, 0.2) is 0 Å². The quantitative estimate of drug-likeness (QED) is 0.567. The minimum atomic E-state index is -0.184. The van der Waals surface area contributed by atoms with E-state index in [-0.39, 0.29) is 40.5 Å². The molecule has 3 saturated carbocycles. The van der Waals surface area contributed by atoms with Crippen LogP contribution in [0.1, 0.15) is 73.1 Å². The molecule has 4 rings (SSSR count). The maximum Gasteiger partial charge on any atom is 0.302 e. The van der Waals surface area contributed by atoms with Crippen LogP contribution in [0.15, 0.2) is 12.2 Å². The average molecular weight is 391 g/mol. The molecular formula is C24H38O4. The molecule has 8 unspecified atom stereocenters. The lowest BCUT2D eigenvalue weighted by Gasteiger charge is -2.64. The second-order valence-corrected chi connectivity index (χ2v) is 10.9. The van der Waals surface area contributed by atoms with E-state index in [0.29, 0.717) is 24.4 Å². The Morgan fingerprint density at radius 3 is 2.61 bits per heavy atom. The monoisotopic (exact) mass is 390 g/mol. The molecule has 2 bridgehead atoms. The first-order chi connectivity index (χ1) is 13.1. The van der Waals surface area contributed by atoms with Crippen LogP contribution in [0.4, 0.5) is 0 Å². The Labute approximate surface area is 170 Å². The smallest absolute Gasteiger partial charge is 0.302 e. The molecule has 0 radical (unpaired) electrons. The number of carbonyl (C=O) groups excluding carboxylic acids is 1. The fraction of sp³-hybridized carbons (Fsp3) is 0.875. The summed E-state index contributed by atoms with van der Waals surface area (Å²) in [5.41, 5.74) is -0.199. The molecule has 0 aromatic rings. The third kappa shape index (κ3) is 2.66. The van der Waals surface area contributed by atoms with Gasteiger partial charge in [-0.2, -0.15) is 0 Å². The van der Waals surface area contributed by atoms with Crippen molar-refractivity contribution in [3.05, 3.63) is 12.2 Å². The summed E-state index contributed by atoms with van der Waals surface area (Å²) >= 11 is 0. The van der Waals surface area contributed by atoms with Gasteiger partial charge in [-0.05, 0) is 68.6 Å². The number of aliphatic hydroxyl groups is 1. The van der Waals surface area contributed by atoms with E-state index in [0.717, 1.165) is 32.1 Å². The summed E-state index contributed by atoms with van der Waals surface area (Å²) in [5.74, 6) is 0.931. The van der Waals surface area contributed by atoms with E-state index in [1.807, 2.05) is 0 Å². The highest BCUT2D eigenvalue weighted by molar-refractivity contribution is 5.66. The maximum absolute atomic E-state index is 12.1. The Morgan fingerprint density at radius 2 is 1.96 bits per heavy atom. The standard InChI is InChI=1S/C24H38O4/c1-6-27-23(5)14-24-13-17(23)8-9-18(24)22(4)11-7-10-21(3,15-25)19(22)12-20(24)28-16(2)26/h8-9,17-20,25H,6-7,10-15H2,1-5H3. The highest BCUT2D eigenvalue weighted by atomic mass is 16.5. The first-order valence-electron chi connectivity index (χ1n) is 11.2. The molecule has 4 heteroatoms. The lowest BCUT2D eigenvalue weighted by molar-refractivity contribution is -0.205. The zero-order valence-corrected chi connectivity index (χ0v) is 18.3. The summed E-state index contributed by atoms with van der Waals surface area (Å²) in [4.78, 5) is 12.1. The number of hydrogen-bond acceptors (Lipinski definition) is 4. The van der Waals surface area contributed by atoms with E-state index in [1.54, 1.807) is 6.92 Å². The lowest BCUT2D eigenvalue weighted by atomic mass is 9.41. The van der Waals surface area contributed by atoms with Crippen molar-refractivity contribution < 1.29 is 19.4 Å². The molecule has 28 heavy (non-hydrogen) atoms. The van der Waals surface area contributed by atoms with Gasteiger partial charge in [0, 0.05) is 31.5 Å². The fourth-order valence-electron chi connectivity index (χ4n) is 8.18. The van der Waals surface area contributed by atoms with E-state index in [4.69, 9.17) is 9.47 Å². The topological polar surface area (TPSA) is 55.8 Å². The van der Waals surface area contributed by atoms with Gasteiger partial charge in [0.2, 0.25) is 0 Å². The van der Waals surface area contributed by atoms with Crippen LogP contribution in [0.3, 0.4) is 0 Å². The number of rotatable bonds is 4. The van der Waals surface area contributed by atoms with E-state index >= 15 is 0 Å². The largest absolute Gasteiger partial charge is 0.462 e. The predicted molar refractivity (Wildman–Crippen MR) is 109 cm³/mol. The molecule has 0 aromatic carbocycles. The third-order valence-electron chi connectivity index (χ3n) is 9.27. The Bertz CT molecular complexity index is 674. The third-order valence-corrected chi connectivity index (χ3v) is 9.27. The van der Waals surface area contributed by atoms with Crippen molar-refractivity contribution in [2.45, 2.75) is 84.8 Å². The van der Waals surface area contributed by atoms with Gasteiger partial charge in [0.1, 0.15) is 6.10 Å². The van der Waals surface area contributed by atoms with Crippen LogP contribution < -0.4 is 0 Å². The SMILES string of the molecule is CCOC1(C)CC23CC1C=CC2C1(C)CCCC(C)(CO)C1CC3OC(C)=O. The Balaban J connectivity index is 1.81. The fourth-order valence-corrected chi connectivity index (χ4v) is 8.18. The highest BCUT2D eigenvalue weighted by Gasteiger charge is 2.70. The summed E-state index contributed by atoms with van der Waals surface area (Å²) in [6.07, 6.45) is 11.0. The van der Waals surface area contributed by atoms with Crippen LogP contribution in [0.2, 0.25) is 0 Å². The first kappa shape index (κ1) is 20.4. The molecule has 0 aliphatic heterocycles. The highest BCUT2D eigenvalue weighted by Crippen LogP contribution is 2.72. The number of ether oxygens (including phenoxy) is 2. The average Bonchev–Trinajstić information content (AvgIpc) is 2.83. The summed E-state index contributed by atoms with van der Waals surface area (Å²) in [7, 11) is 0. The summed E-state index contributed by atoms with van der Waals surface area (Å²) in [5, 5.41) is 10.3. The van der Waals surface area contributed by atoms with Crippen LogP contribution in [0.5, 0.6) is 0 Å². The van der Waals surface area contributed by atoms with Crippen LogP contribution in [-0.4, -0.2) is 36.0 Å². The van der Waals surface area contributed by atoms with Crippen molar-refractivity contribution >= 4 is 5.97 Å². The summed E-state index contributed by atoms with van der Waals surface area (Å²) in [6, 6.07) is 0. The molecule has 1 spiro atoms. The number of esters is 1. The van der Waals surface area contributed by atoms with Crippen molar-refractivity contribution in [1.29, 1.82) is 0 Å². The molecule has 1 N–H and O–H groups in total. The Morgan fingerprint density at radius 1 is 1.21 bits per heavy atom. The molecule has 0 aromatic heterocycles. The number of fused-ring (bicyclic) bond motifs is 3. The predicted octanol–water partition coefficient (Wildman–Crippen LogP) is 4.50. The van der Waals surface area contributed by atoms with Crippen LogP contribution in [0.25, 0.3) is 0 Å². The zero-order chi connectivity index (χ0) is 20.4. The molecule has 8 atom stereocenters. The van der Waals surface area contributed by atoms with Crippen molar-refractivity contribution in [1.82, 2.24) is 0 Å². The van der Waals surface area contributed by atoms with E-state index in [2.05, 4.69) is 39.8 Å². The number of carbonyl (C=O) groups is 1. The van der Waals surface area contributed by atoms with Gasteiger partial charge < -0.3 is 14.6 Å². The Hall–Kier alpha value is -0.870. The van der Waals surface area contributed by atoms with E-state index in [9.17, 15) is 9.90 Å². The molecule has 4 nitrogen and oxygen atoms in total. The van der Waals surface area contributed by atoms with Gasteiger partial charge >= 0.3 is 5.97 Å². The van der Waals surface area contributed by atoms with Crippen LogP contribution in [0, 0.1) is 34.0 Å². The summed E-state index contributed by atoms with van der Waals surface area (Å²) < 4.78 is 12.4. The van der Waals surface area contributed by atoms with Crippen molar-refractivity contribution in [2.75, 3.05) is 13.2 Å². The molecule has 0 saturated heterocycles. The van der Waals surface area contributed by atoms with Crippen molar-refractivity contribution in [3.63, 3.8) is 0 Å². The van der Waals surface area contributed by atoms with Gasteiger partial charge in [0.25, 0.3) is 0 Å². The molecule has 3 fully saturated rings. The minimum Gasteiger partial charge on any atom is -0.462 e. The molecule has 4 aliphatic carbocycles. The molecular weight excluding hydrogens is 352 g/mol. The van der Waals surface area contributed by atoms with E-state index < -0.39 is 0 Å². The van der Waals surface area contributed by atoms with Crippen molar-refractivity contribution in [3.8, 4) is 0 Å². The number of allylic oxidation sites excluding steroid dienone is 1. The number of aliphatic hydroxyl groups excluding tert-OH is 1. The van der Waals surface area contributed by atoms with Crippen molar-refractivity contribution in [2.24, 2.45) is 34.0 Å². The second kappa shape index (κ2) is 6.57. The van der Waals surface area contributed by atoms with Gasteiger partial charge in [-0.1, -0.05) is 32.4 Å². The molecule has 0 heterocycles. The zero-order valence-electron chi connectivity index (χ0n) is 18.3.